The normalized spacial score (nSPS) is 12.5. The molecule has 1 aromatic heterocycles. The molecule has 0 amide bonds. The summed E-state index contributed by atoms with van der Waals surface area (Å²) in [5.74, 6) is 0. The molecule has 0 aromatic carbocycles. The van der Waals surface area contributed by atoms with Gasteiger partial charge in [-0.05, 0) is 18.7 Å². The third-order valence-corrected chi connectivity index (χ3v) is 1.59. The molecule has 0 bridgehead atoms. The predicted octanol–water partition coefficient (Wildman–Crippen LogP) is 1.53. The van der Waals surface area contributed by atoms with E-state index in [9.17, 15) is 0 Å². The van der Waals surface area contributed by atoms with Gasteiger partial charge in [-0.15, -0.1) is 6.58 Å². The van der Waals surface area contributed by atoms with Crippen molar-refractivity contribution in [3.8, 4) is 0 Å². The summed E-state index contributed by atoms with van der Waals surface area (Å²) in [7, 11) is 1.90. The second-order valence-electron chi connectivity index (χ2n) is 2.29. The molecule has 1 unspecified atom stereocenters. The van der Waals surface area contributed by atoms with Crippen LogP contribution in [0.15, 0.2) is 37.2 Å². The van der Waals surface area contributed by atoms with Gasteiger partial charge in [0.15, 0.2) is 0 Å². The zero-order chi connectivity index (χ0) is 8.10. The van der Waals surface area contributed by atoms with Gasteiger partial charge in [-0.1, -0.05) is 12.1 Å². The Labute approximate surface area is 67.0 Å². The number of aromatic nitrogens is 1. The van der Waals surface area contributed by atoms with Crippen LogP contribution in [0.1, 0.15) is 11.6 Å². The minimum Gasteiger partial charge on any atom is -0.310 e. The van der Waals surface area contributed by atoms with Crippen LogP contribution in [0.2, 0.25) is 0 Å². The van der Waals surface area contributed by atoms with Crippen molar-refractivity contribution in [1.29, 1.82) is 0 Å². The van der Waals surface area contributed by atoms with Crippen LogP contribution in [-0.4, -0.2) is 12.0 Å². The van der Waals surface area contributed by atoms with E-state index >= 15 is 0 Å². The Morgan fingerprint density at radius 2 is 2.55 bits per heavy atom. The minimum absolute atomic E-state index is 0.212. The minimum atomic E-state index is 0.212. The number of nitrogens with one attached hydrogen (secondary N) is 1. The highest BCUT2D eigenvalue weighted by atomic mass is 14.9. The topological polar surface area (TPSA) is 24.9 Å². The first-order chi connectivity index (χ1) is 5.38. The fourth-order valence-corrected chi connectivity index (χ4v) is 0.981. The molecular formula is C9H12N2. The molecule has 0 saturated carbocycles. The summed E-state index contributed by atoms with van der Waals surface area (Å²) < 4.78 is 0. The number of likely N-dealkylation sites (N-methyl/N-ethyl adjacent to an activating group) is 1. The van der Waals surface area contributed by atoms with Crippen LogP contribution in [0.4, 0.5) is 0 Å². The highest BCUT2D eigenvalue weighted by Gasteiger charge is 2.01. The highest BCUT2D eigenvalue weighted by Crippen LogP contribution is 2.10. The van der Waals surface area contributed by atoms with Gasteiger partial charge < -0.3 is 5.32 Å². The predicted molar refractivity (Wildman–Crippen MR) is 46.2 cm³/mol. The van der Waals surface area contributed by atoms with Gasteiger partial charge in [-0.25, -0.2) is 0 Å². The van der Waals surface area contributed by atoms with Crippen LogP contribution in [0, 0.1) is 0 Å². The third-order valence-electron chi connectivity index (χ3n) is 1.59. The number of hydrogen-bond donors (Lipinski definition) is 1. The molecule has 0 radical (unpaired) electrons. The lowest BCUT2D eigenvalue weighted by atomic mass is 10.1. The first kappa shape index (κ1) is 7.95. The first-order valence-electron chi connectivity index (χ1n) is 3.58. The van der Waals surface area contributed by atoms with E-state index in [1.54, 1.807) is 6.20 Å². The van der Waals surface area contributed by atoms with Crippen LogP contribution in [-0.2, 0) is 0 Å². The van der Waals surface area contributed by atoms with E-state index in [0.29, 0.717) is 0 Å². The lowest BCUT2D eigenvalue weighted by Crippen LogP contribution is -2.13. The van der Waals surface area contributed by atoms with Gasteiger partial charge in [0, 0.05) is 12.4 Å². The maximum absolute atomic E-state index is 4.01. The number of rotatable bonds is 3. The van der Waals surface area contributed by atoms with Crippen LogP contribution >= 0.6 is 0 Å². The van der Waals surface area contributed by atoms with E-state index in [4.69, 9.17) is 0 Å². The van der Waals surface area contributed by atoms with Crippen molar-refractivity contribution in [2.45, 2.75) is 6.04 Å². The van der Waals surface area contributed by atoms with E-state index in [2.05, 4.69) is 16.9 Å². The monoisotopic (exact) mass is 148 g/mol. The molecule has 1 atom stereocenters. The maximum atomic E-state index is 4.01. The van der Waals surface area contributed by atoms with E-state index in [-0.39, 0.29) is 6.04 Å². The largest absolute Gasteiger partial charge is 0.310 e. The third kappa shape index (κ3) is 1.88. The highest BCUT2D eigenvalue weighted by molar-refractivity contribution is 5.17. The maximum Gasteiger partial charge on any atom is 0.0516 e. The molecule has 1 N–H and O–H groups in total. The summed E-state index contributed by atoms with van der Waals surface area (Å²) >= 11 is 0. The standard InChI is InChI=1S/C9H12N2/c1-3-9(10-2)8-5-4-6-11-7-8/h3-7,9-10H,1H2,2H3. The molecule has 2 nitrogen and oxygen atoms in total. The average molecular weight is 148 g/mol. The SMILES string of the molecule is C=CC(NC)c1cccnc1. The Balaban J connectivity index is 2.82. The fourth-order valence-electron chi connectivity index (χ4n) is 0.981. The summed E-state index contributed by atoms with van der Waals surface area (Å²) in [5, 5.41) is 3.11. The summed E-state index contributed by atoms with van der Waals surface area (Å²) in [6.45, 7) is 3.72. The van der Waals surface area contributed by atoms with Crippen LogP contribution in [0.5, 0.6) is 0 Å². The lowest BCUT2D eigenvalue weighted by Gasteiger charge is -2.09. The zero-order valence-corrected chi connectivity index (χ0v) is 6.62. The molecule has 0 aliphatic rings. The van der Waals surface area contributed by atoms with Crippen LogP contribution < -0.4 is 5.32 Å². The summed E-state index contributed by atoms with van der Waals surface area (Å²) in [6.07, 6.45) is 5.46. The molecule has 0 aliphatic heterocycles. The van der Waals surface area contributed by atoms with Gasteiger partial charge in [0.25, 0.3) is 0 Å². The van der Waals surface area contributed by atoms with Crippen molar-refractivity contribution in [1.82, 2.24) is 10.3 Å². The summed E-state index contributed by atoms with van der Waals surface area (Å²) in [4.78, 5) is 4.01. The van der Waals surface area contributed by atoms with Gasteiger partial charge in [0.2, 0.25) is 0 Å². The number of pyridine rings is 1. The van der Waals surface area contributed by atoms with Crippen molar-refractivity contribution in [2.75, 3.05) is 7.05 Å². The first-order valence-corrected chi connectivity index (χ1v) is 3.58. The van der Waals surface area contributed by atoms with Gasteiger partial charge in [-0.2, -0.15) is 0 Å². The van der Waals surface area contributed by atoms with E-state index < -0.39 is 0 Å². The molecule has 58 valence electrons. The average Bonchev–Trinajstić information content (AvgIpc) is 2.09. The van der Waals surface area contributed by atoms with E-state index in [0.717, 1.165) is 5.56 Å². The van der Waals surface area contributed by atoms with Crippen molar-refractivity contribution < 1.29 is 0 Å². The molecule has 0 spiro atoms. The summed E-state index contributed by atoms with van der Waals surface area (Å²) in [6, 6.07) is 4.16. The van der Waals surface area contributed by atoms with Crippen molar-refractivity contribution in [3.63, 3.8) is 0 Å². The Morgan fingerprint density at radius 1 is 1.73 bits per heavy atom. The van der Waals surface area contributed by atoms with Crippen molar-refractivity contribution in [3.05, 3.63) is 42.7 Å². The molecule has 0 saturated heterocycles. The smallest absolute Gasteiger partial charge is 0.0516 e. The Hall–Kier alpha value is -1.15. The molecule has 1 rings (SSSR count). The Bertz CT molecular complexity index is 218. The lowest BCUT2D eigenvalue weighted by molar-refractivity contribution is 0.713. The van der Waals surface area contributed by atoms with Gasteiger partial charge in [-0.3, -0.25) is 4.98 Å². The van der Waals surface area contributed by atoms with Gasteiger partial charge in [0.1, 0.15) is 0 Å². The Kier molecular flexibility index (Phi) is 2.81. The molecule has 0 fully saturated rings. The molecule has 2 heteroatoms. The second-order valence-corrected chi connectivity index (χ2v) is 2.29. The van der Waals surface area contributed by atoms with Gasteiger partial charge in [0.05, 0.1) is 6.04 Å². The molecule has 1 aromatic rings. The van der Waals surface area contributed by atoms with Crippen LogP contribution in [0.3, 0.4) is 0 Å². The zero-order valence-electron chi connectivity index (χ0n) is 6.62. The molecule has 1 heterocycles. The fraction of sp³-hybridized carbons (Fsp3) is 0.222. The molecular weight excluding hydrogens is 136 g/mol. The van der Waals surface area contributed by atoms with E-state index in [1.807, 2.05) is 31.5 Å². The van der Waals surface area contributed by atoms with Crippen molar-refractivity contribution in [2.24, 2.45) is 0 Å². The number of nitrogens with zero attached hydrogens (tertiary/aromatic N) is 1. The quantitative estimate of drug-likeness (QED) is 0.657. The second kappa shape index (κ2) is 3.88. The molecule has 11 heavy (non-hydrogen) atoms. The van der Waals surface area contributed by atoms with Crippen molar-refractivity contribution >= 4 is 0 Å². The Morgan fingerprint density at radius 3 is 3.00 bits per heavy atom. The molecule has 0 aliphatic carbocycles. The van der Waals surface area contributed by atoms with Crippen LogP contribution in [0.25, 0.3) is 0 Å². The summed E-state index contributed by atoms with van der Waals surface area (Å²) in [5.41, 5.74) is 1.14. The van der Waals surface area contributed by atoms with E-state index in [1.165, 1.54) is 0 Å². The number of hydrogen-bond acceptors (Lipinski definition) is 2. The van der Waals surface area contributed by atoms with Gasteiger partial charge >= 0.3 is 0 Å².